The Morgan fingerprint density at radius 2 is 1.71 bits per heavy atom. The molecule has 0 radical (unpaired) electrons. The third-order valence-corrected chi connectivity index (χ3v) is 6.43. The molecule has 1 N–H and O–H groups in total. The number of rotatable bonds is 5. The van der Waals surface area contributed by atoms with Crippen molar-refractivity contribution in [2.24, 2.45) is 17.8 Å². The van der Waals surface area contributed by atoms with Gasteiger partial charge in [0, 0.05) is 25.2 Å². The fourth-order valence-corrected chi connectivity index (χ4v) is 4.87. The first-order chi connectivity index (χ1) is 10.2. The monoisotopic (exact) mass is 292 g/mol. The minimum atomic E-state index is 0.765. The largest absolute Gasteiger partial charge is 0.312 e. The quantitative estimate of drug-likeness (QED) is 0.822. The van der Waals surface area contributed by atoms with E-state index in [2.05, 4.69) is 24.1 Å². The average Bonchev–Trinajstić information content (AvgIpc) is 2.50. The van der Waals surface area contributed by atoms with Crippen LogP contribution >= 0.6 is 0 Å². The lowest BCUT2D eigenvalue weighted by Gasteiger charge is -2.48. The molecule has 122 valence electrons. The van der Waals surface area contributed by atoms with E-state index in [1.807, 2.05) is 0 Å². The number of piperidine rings is 1. The molecule has 2 aliphatic carbocycles. The molecule has 1 heterocycles. The van der Waals surface area contributed by atoms with Crippen LogP contribution in [0.15, 0.2) is 0 Å². The van der Waals surface area contributed by atoms with Crippen LogP contribution in [0.2, 0.25) is 0 Å². The fraction of sp³-hybridized carbons (Fsp3) is 1.00. The first kappa shape index (κ1) is 15.8. The summed E-state index contributed by atoms with van der Waals surface area (Å²) in [5.74, 6) is 2.88. The van der Waals surface area contributed by atoms with Crippen molar-refractivity contribution in [2.45, 2.75) is 83.7 Å². The van der Waals surface area contributed by atoms with Crippen molar-refractivity contribution < 1.29 is 0 Å². The third kappa shape index (κ3) is 4.22. The van der Waals surface area contributed by atoms with Crippen LogP contribution in [0.3, 0.4) is 0 Å². The van der Waals surface area contributed by atoms with Gasteiger partial charge in [0.1, 0.15) is 0 Å². The average molecular weight is 293 g/mol. The van der Waals surface area contributed by atoms with Gasteiger partial charge in [0.15, 0.2) is 0 Å². The van der Waals surface area contributed by atoms with Gasteiger partial charge in [-0.05, 0) is 56.4 Å². The molecule has 0 aromatic rings. The summed E-state index contributed by atoms with van der Waals surface area (Å²) in [6, 6.07) is 1.68. The van der Waals surface area contributed by atoms with Crippen LogP contribution in [0.1, 0.15) is 71.6 Å². The summed E-state index contributed by atoms with van der Waals surface area (Å²) in [6.07, 6.45) is 13.0. The van der Waals surface area contributed by atoms with Gasteiger partial charge in [-0.3, -0.25) is 4.90 Å². The summed E-state index contributed by atoms with van der Waals surface area (Å²) in [5, 5.41) is 3.96. The second-order valence-corrected chi connectivity index (χ2v) is 8.30. The molecule has 2 unspecified atom stereocenters. The Morgan fingerprint density at radius 3 is 2.38 bits per heavy atom. The van der Waals surface area contributed by atoms with Crippen LogP contribution in [-0.2, 0) is 0 Å². The highest BCUT2D eigenvalue weighted by atomic mass is 15.2. The van der Waals surface area contributed by atoms with Gasteiger partial charge < -0.3 is 5.32 Å². The Bertz CT molecular complexity index is 305. The molecule has 2 atom stereocenters. The van der Waals surface area contributed by atoms with Crippen molar-refractivity contribution in [3.05, 3.63) is 0 Å². The molecule has 0 spiro atoms. The molecule has 2 heteroatoms. The minimum Gasteiger partial charge on any atom is -0.312 e. The maximum Gasteiger partial charge on any atom is 0.0198 e. The van der Waals surface area contributed by atoms with E-state index >= 15 is 0 Å². The molecule has 0 aromatic carbocycles. The van der Waals surface area contributed by atoms with Crippen LogP contribution in [-0.4, -0.2) is 36.6 Å². The van der Waals surface area contributed by atoms with E-state index in [1.165, 1.54) is 77.4 Å². The third-order valence-electron chi connectivity index (χ3n) is 6.43. The molecule has 0 amide bonds. The number of nitrogens with one attached hydrogen (secondary N) is 1. The van der Waals surface area contributed by atoms with E-state index in [9.17, 15) is 0 Å². The summed E-state index contributed by atoms with van der Waals surface area (Å²) in [5.41, 5.74) is 0. The zero-order valence-corrected chi connectivity index (χ0v) is 14.3. The van der Waals surface area contributed by atoms with Gasteiger partial charge in [-0.15, -0.1) is 0 Å². The highest BCUT2D eigenvalue weighted by molar-refractivity contribution is 4.92. The lowest BCUT2D eigenvalue weighted by Crippen LogP contribution is -2.56. The van der Waals surface area contributed by atoms with Crippen LogP contribution in [0.5, 0.6) is 0 Å². The Kier molecular flexibility index (Phi) is 5.61. The Morgan fingerprint density at radius 1 is 0.952 bits per heavy atom. The van der Waals surface area contributed by atoms with E-state index in [-0.39, 0.29) is 0 Å². The van der Waals surface area contributed by atoms with Crippen molar-refractivity contribution in [1.82, 2.24) is 10.2 Å². The van der Waals surface area contributed by atoms with Crippen molar-refractivity contribution in [3.8, 4) is 0 Å². The molecule has 21 heavy (non-hydrogen) atoms. The zero-order valence-electron chi connectivity index (χ0n) is 14.3. The molecule has 0 aromatic heterocycles. The second-order valence-electron chi connectivity index (χ2n) is 8.30. The summed E-state index contributed by atoms with van der Waals surface area (Å²) in [6.45, 7) is 8.78. The predicted octanol–water partition coefficient (Wildman–Crippen LogP) is 4.06. The van der Waals surface area contributed by atoms with Gasteiger partial charge in [-0.1, -0.05) is 39.5 Å². The van der Waals surface area contributed by atoms with E-state index < -0.39 is 0 Å². The summed E-state index contributed by atoms with van der Waals surface area (Å²) >= 11 is 0. The molecule has 2 saturated carbocycles. The molecular weight excluding hydrogens is 256 g/mol. The van der Waals surface area contributed by atoms with Gasteiger partial charge in [-0.2, -0.15) is 0 Å². The Labute approximate surface area is 132 Å². The van der Waals surface area contributed by atoms with Crippen LogP contribution in [0.4, 0.5) is 0 Å². The first-order valence-electron chi connectivity index (χ1n) is 9.72. The van der Waals surface area contributed by atoms with Crippen molar-refractivity contribution in [3.63, 3.8) is 0 Å². The van der Waals surface area contributed by atoms with Gasteiger partial charge in [0.25, 0.3) is 0 Å². The molecule has 3 fully saturated rings. The summed E-state index contributed by atoms with van der Waals surface area (Å²) < 4.78 is 0. The minimum absolute atomic E-state index is 0.765. The molecule has 3 aliphatic rings. The van der Waals surface area contributed by atoms with Crippen molar-refractivity contribution in [1.29, 1.82) is 0 Å². The standard InChI is InChI=1S/C19H36N2/c1-3-16-11-18(20-12-17-7-5-4-6-8-17)14-21(13-16)19-9-15(2)10-19/h15-20H,3-14H2,1-2H3. The number of hydrogen-bond donors (Lipinski definition) is 1. The topological polar surface area (TPSA) is 15.3 Å². The van der Waals surface area contributed by atoms with Gasteiger partial charge in [0.05, 0.1) is 0 Å². The second kappa shape index (κ2) is 7.46. The van der Waals surface area contributed by atoms with Crippen molar-refractivity contribution >= 4 is 0 Å². The summed E-state index contributed by atoms with van der Waals surface area (Å²) in [4.78, 5) is 2.83. The molecular formula is C19H36N2. The molecule has 3 rings (SSSR count). The van der Waals surface area contributed by atoms with Crippen molar-refractivity contribution in [2.75, 3.05) is 19.6 Å². The van der Waals surface area contributed by atoms with E-state index in [0.29, 0.717) is 0 Å². The smallest absolute Gasteiger partial charge is 0.0198 e. The molecule has 2 nitrogen and oxygen atoms in total. The van der Waals surface area contributed by atoms with Crippen LogP contribution in [0.25, 0.3) is 0 Å². The SMILES string of the molecule is CCC1CC(NCC2CCCCC2)CN(C2CC(C)C2)C1. The maximum absolute atomic E-state index is 3.96. The Balaban J connectivity index is 1.46. The Hall–Kier alpha value is -0.0800. The fourth-order valence-electron chi connectivity index (χ4n) is 4.87. The van der Waals surface area contributed by atoms with Gasteiger partial charge >= 0.3 is 0 Å². The lowest BCUT2D eigenvalue weighted by molar-refractivity contribution is 0.0320. The van der Waals surface area contributed by atoms with E-state index in [0.717, 1.165) is 29.8 Å². The zero-order chi connectivity index (χ0) is 14.7. The summed E-state index contributed by atoms with van der Waals surface area (Å²) in [7, 11) is 0. The van der Waals surface area contributed by atoms with Gasteiger partial charge in [-0.25, -0.2) is 0 Å². The highest BCUT2D eigenvalue weighted by Crippen LogP contribution is 2.34. The van der Waals surface area contributed by atoms with Gasteiger partial charge in [0.2, 0.25) is 0 Å². The lowest BCUT2D eigenvalue weighted by atomic mass is 9.78. The van der Waals surface area contributed by atoms with E-state index in [4.69, 9.17) is 0 Å². The number of hydrogen-bond acceptors (Lipinski definition) is 2. The van der Waals surface area contributed by atoms with Crippen LogP contribution in [0, 0.1) is 17.8 Å². The normalized spacial score (nSPS) is 39.1. The predicted molar refractivity (Wildman–Crippen MR) is 90.5 cm³/mol. The van der Waals surface area contributed by atoms with Crippen LogP contribution < -0.4 is 5.32 Å². The first-order valence-corrected chi connectivity index (χ1v) is 9.72. The molecule has 0 bridgehead atoms. The molecule has 1 aliphatic heterocycles. The maximum atomic E-state index is 3.96. The highest BCUT2D eigenvalue weighted by Gasteiger charge is 2.36. The van der Waals surface area contributed by atoms with E-state index in [1.54, 1.807) is 0 Å². The number of likely N-dealkylation sites (tertiary alicyclic amines) is 1. The molecule has 1 saturated heterocycles. The number of nitrogens with zero attached hydrogens (tertiary/aromatic N) is 1.